The largest absolute Gasteiger partial charge is 0.384 e. The van der Waals surface area contributed by atoms with E-state index in [0.29, 0.717) is 5.56 Å². The van der Waals surface area contributed by atoms with Crippen molar-refractivity contribution >= 4 is 16.9 Å². The number of aryl methyl sites for hydroxylation is 1. The molecule has 0 saturated heterocycles. The lowest BCUT2D eigenvalue weighted by molar-refractivity contribution is 0.956. The van der Waals surface area contributed by atoms with Crippen LogP contribution in [0, 0.1) is 12.3 Å². The molecule has 0 fully saturated rings. The van der Waals surface area contributed by atoms with Gasteiger partial charge in [-0.05, 0) is 31.2 Å². The van der Waals surface area contributed by atoms with E-state index in [9.17, 15) is 0 Å². The summed E-state index contributed by atoms with van der Waals surface area (Å²) in [5.41, 5.74) is 8.00. The van der Waals surface area contributed by atoms with Crippen molar-refractivity contribution < 1.29 is 0 Å². The monoisotopic (exact) mass is 251 g/mol. The molecule has 94 valence electrons. The first-order chi connectivity index (χ1) is 9.16. The van der Waals surface area contributed by atoms with E-state index >= 15 is 0 Å². The van der Waals surface area contributed by atoms with E-state index < -0.39 is 0 Å². The van der Waals surface area contributed by atoms with Gasteiger partial charge in [0.05, 0.1) is 11.0 Å². The summed E-state index contributed by atoms with van der Waals surface area (Å²) in [6.45, 7) is 1.95. The Labute approximate surface area is 110 Å². The molecule has 0 radical (unpaired) electrons. The predicted molar refractivity (Wildman–Crippen MR) is 74.6 cm³/mol. The van der Waals surface area contributed by atoms with Gasteiger partial charge in [0.1, 0.15) is 17.5 Å². The van der Waals surface area contributed by atoms with Crippen molar-refractivity contribution in [1.82, 2.24) is 14.5 Å². The predicted octanol–water partition coefficient (Wildman–Crippen LogP) is 2.01. The van der Waals surface area contributed by atoms with Gasteiger partial charge in [-0.15, -0.1) is 0 Å². The summed E-state index contributed by atoms with van der Waals surface area (Å²) in [7, 11) is 0. The number of hydrogen-bond acceptors (Lipinski definition) is 3. The van der Waals surface area contributed by atoms with Crippen LogP contribution in [0.4, 0.5) is 0 Å². The lowest BCUT2D eigenvalue weighted by Gasteiger charge is -2.06. The highest BCUT2D eigenvalue weighted by atomic mass is 15.1. The number of nitrogens with one attached hydrogen (secondary N) is 1. The molecule has 0 saturated carbocycles. The first-order valence-corrected chi connectivity index (χ1v) is 5.92. The van der Waals surface area contributed by atoms with Gasteiger partial charge >= 0.3 is 0 Å². The summed E-state index contributed by atoms with van der Waals surface area (Å²) in [4.78, 5) is 8.86. The molecule has 5 nitrogen and oxygen atoms in total. The van der Waals surface area contributed by atoms with E-state index in [0.717, 1.165) is 22.7 Å². The Morgan fingerprint density at radius 2 is 2.00 bits per heavy atom. The molecule has 0 aliphatic heterocycles. The van der Waals surface area contributed by atoms with Gasteiger partial charge < -0.3 is 5.73 Å². The second-order valence-corrected chi connectivity index (χ2v) is 4.30. The highest BCUT2D eigenvalue weighted by Crippen LogP contribution is 2.19. The number of aromatic nitrogens is 3. The minimum Gasteiger partial charge on any atom is -0.384 e. The summed E-state index contributed by atoms with van der Waals surface area (Å²) in [6.07, 6.45) is 1.60. The van der Waals surface area contributed by atoms with Gasteiger partial charge in [-0.25, -0.2) is 9.97 Å². The molecule has 19 heavy (non-hydrogen) atoms. The number of amidine groups is 1. The van der Waals surface area contributed by atoms with E-state index in [1.54, 1.807) is 12.3 Å². The van der Waals surface area contributed by atoms with E-state index in [4.69, 9.17) is 11.1 Å². The second kappa shape index (κ2) is 4.20. The van der Waals surface area contributed by atoms with Crippen LogP contribution in [0.5, 0.6) is 0 Å². The van der Waals surface area contributed by atoms with E-state index in [1.807, 2.05) is 41.8 Å². The van der Waals surface area contributed by atoms with Crippen molar-refractivity contribution in [2.24, 2.45) is 5.73 Å². The van der Waals surface area contributed by atoms with Crippen molar-refractivity contribution in [1.29, 1.82) is 5.41 Å². The van der Waals surface area contributed by atoms with Crippen molar-refractivity contribution in [3.63, 3.8) is 0 Å². The summed E-state index contributed by atoms with van der Waals surface area (Å²) < 4.78 is 1.99. The Morgan fingerprint density at radius 1 is 1.21 bits per heavy atom. The third-order valence-corrected chi connectivity index (χ3v) is 3.02. The minimum atomic E-state index is 0.0197. The summed E-state index contributed by atoms with van der Waals surface area (Å²) >= 11 is 0. The van der Waals surface area contributed by atoms with Crippen LogP contribution in [-0.4, -0.2) is 20.4 Å². The zero-order valence-electron chi connectivity index (χ0n) is 10.5. The first-order valence-electron chi connectivity index (χ1n) is 5.92. The van der Waals surface area contributed by atoms with Crippen LogP contribution in [-0.2, 0) is 0 Å². The van der Waals surface area contributed by atoms with Gasteiger partial charge in [0.25, 0.3) is 0 Å². The maximum atomic E-state index is 7.37. The Bertz CT molecular complexity index is 755. The van der Waals surface area contributed by atoms with Crippen molar-refractivity contribution in [3.05, 3.63) is 54.0 Å². The third-order valence-electron chi connectivity index (χ3n) is 3.02. The number of nitrogens with zero attached hydrogens (tertiary/aromatic N) is 3. The van der Waals surface area contributed by atoms with E-state index in [-0.39, 0.29) is 5.84 Å². The van der Waals surface area contributed by atoms with Gasteiger partial charge in [0.2, 0.25) is 0 Å². The van der Waals surface area contributed by atoms with Crippen LogP contribution in [0.1, 0.15) is 11.4 Å². The molecule has 2 aromatic heterocycles. The quantitative estimate of drug-likeness (QED) is 0.540. The van der Waals surface area contributed by atoms with Crippen LogP contribution in [0.3, 0.4) is 0 Å². The van der Waals surface area contributed by atoms with Gasteiger partial charge in [0, 0.05) is 11.8 Å². The molecule has 0 bridgehead atoms. The molecule has 0 aliphatic rings. The molecule has 0 amide bonds. The van der Waals surface area contributed by atoms with Crippen LogP contribution >= 0.6 is 0 Å². The van der Waals surface area contributed by atoms with E-state index in [1.165, 1.54) is 0 Å². The molecule has 0 spiro atoms. The lowest BCUT2D eigenvalue weighted by Crippen LogP contribution is -2.11. The molecule has 3 N–H and O–H groups in total. The zero-order chi connectivity index (χ0) is 13.4. The fraction of sp³-hybridized carbons (Fsp3) is 0.0714. The average molecular weight is 251 g/mol. The van der Waals surface area contributed by atoms with Gasteiger partial charge in [-0.1, -0.05) is 12.1 Å². The van der Waals surface area contributed by atoms with Crippen LogP contribution in [0.2, 0.25) is 0 Å². The van der Waals surface area contributed by atoms with Gasteiger partial charge in [-0.3, -0.25) is 9.98 Å². The van der Waals surface area contributed by atoms with Crippen LogP contribution in [0.25, 0.3) is 16.9 Å². The number of nitrogens with two attached hydrogens (primary N) is 1. The molecule has 0 unspecified atom stereocenters. The molecule has 3 rings (SSSR count). The van der Waals surface area contributed by atoms with Crippen LogP contribution in [0.15, 0.2) is 42.6 Å². The smallest absolute Gasteiger partial charge is 0.138 e. The number of pyridine rings is 1. The zero-order valence-corrected chi connectivity index (χ0v) is 10.5. The Morgan fingerprint density at radius 3 is 2.68 bits per heavy atom. The molecule has 0 aliphatic carbocycles. The molecular weight excluding hydrogens is 238 g/mol. The molecule has 1 aromatic carbocycles. The first kappa shape index (κ1) is 11.4. The number of para-hydroxylation sites is 2. The number of fused-ring (bicyclic) bond motifs is 1. The molecule has 2 heterocycles. The molecule has 0 atom stereocenters. The Balaban J connectivity index is 2.18. The molecular formula is C14H13N5. The third kappa shape index (κ3) is 1.85. The maximum Gasteiger partial charge on any atom is 0.138 e. The second-order valence-electron chi connectivity index (χ2n) is 4.30. The Hall–Kier alpha value is -2.69. The standard InChI is InChI=1S/C14H13N5/c1-9-18-11-4-2-3-5-12(11)19(9)13-7-6-10(8-17-13)14(15)16/h2-8H,1H3,(H3,15,16). The Kier molecular flexibility index (Phi) is 2.52. The number of imidazole rings is 1. The highest BCUT2D eigenvalue weighted by molar-refractivity contribution is 5.94. The number of benzene rings is 1. The number of rotatable bonds is 2. The topological polar surface area (TPSA) is 80.6 Å². The maximum absolute atomic E-state index is 7.37. The highest BCUT2D eigenvalue weighted by Gasteiger charge is 2.09. The lowest BCUT2D eigenvalue weighted by atomic mass is 10.2. The molecule has 5 heteroatoms. The van der Waals surface area contributed by atoms with Crippen molar-refractivity contribution in [2.45, 2.75) is 6.92 Å². The number of nitrogen functional groups attached to an aromatic ring is 1. The SMILES string of the molecule is Cc1nc2ccccc2n1-c1ccc(C(=N)N)cn1. The van der Waals surface area contributed by atoms with E-state index in [2.05, 4.69) is 9.97 Å². The number of hydrogen-bond donors (Lipinski definition) is 2. The summed E-state index contributed by atoms with van der Waals surface area (Å²) in [5, 5.41) is 7.37. The average Bonchev–Trinajstić information content (AvgIpc) is 2.74. The molecule has 3 aromatic rings. The van der Waals surface area contributed by atoms with Crippen LogP contribution < -0.4 is 5.73 Å². The summed E-state index contributed by atoms with van der Waals surface area (Å²) in [6, 6.07) is 11.6. The van der Waals surface area contributed by atoms with Gasteiger partial charge in [0.15, 0.2) is 0 Å². The summed E-state index contributed by atoms with van der Waals surface area (Å²) in [5.74, 6) is 1.67. The van der Waals surface area contributed by atoms with Crippen molar-refractivity contribution in [3.8, 4) is 5.82 Å². The minimum absolute atomic E-state index is 0.0197. The van der Waals surface area contributed by atoms with Gasteiger partial charge in [-0.2, -0.15) is 0 Å². The van der Waals surface area contributed by atoms with Crippen molar-refractivity contribution in [2.75, 3.05) is 0 Å². The fourth-order valence-electron chi connectivity index (χ4n) is 2.11. The normalized spacial score (nSPS) is 10.8. The fourth-order valence-corrected chi connectivity index (χ4v) is 2.11.